The van der Waals surface area contributed by atoms with Crippen LogP contribution in [-0.4, -0.2) is 38.8 Å². The topological polar surface area (TPSA) is 84.0 Å². The van der Waals surface area contributed by atoms with Gasteiger partial charge in [-0.05, 0) is 55.0 Å². The lowest BCUT2D eigenvalue weighted by molar-refractivity contribution is -0.140. The van der Waals surface area contributed by atoms with Gasteiger partial charge in [0.05, 0.1) is 31.2 Å². The van der Waals surface area contributed by atoms with E-state index < -0.39 is 10.0 Å². The number of carbonyl (C=O) groups excluding carboxylic acids is 2. The van der Waals surface area contributed by atoms with Gasteiger partial charge in [0.25, 0.3) is 10.0 Å². The number of fused-ring (bicyclic) bond motifs is 2. The number of imide groups is 1. The lowest BCUT2D eigenvalue weighted by Crippen LogP contribution is -2.36. The first kappa shape index (κ1) is 21.9. The van der Waals surface area contributed by atoms with Crippen LogP contribution < -0.4 is 9.04 Å². The molecule has 3 aliphatic rings. The molecule has 2 aromatic rings. The Kier molecular flexibility index (Phi) is 5.64. The second-order valence-electron chi connectivity index (χ2n) is 9.05. The number of hydrogen-bond acceptors (Lipinski definition) is 5. The number of nitrogens with zero attached hydrogens (tertiary/aromatic N) is 2. The summed E-state index contributed by atoms with van der Waals surface area (Å²) < 4.78 is 34.3. The van der Waals surface area contributed by atoms with Crippen molar-refractivity contribution in [1.82, 2.24) is 4.90 Å². The first-order valence-electron chi connectivity index (χ1n) is 11.5. The Bertz CT molecular complexity index is 1190. The predicted molar refractivity (Wildman–Crippen MR) is 123 cm³/mol. The van der Waals surface area contributed by atoms with Crippen molar-refractivity contribution in [2.24, 2.45) is 11.8 Å². The maximum absolute atomic E-state index is 13.8. The number of benzene rings is 2. The highest BCUT2D eigenvalue weighted by molar-refractivity contribution is 7.93. The molecule has 2 aromatic carbocycles. The van der Waals surface area contributed by atoms with Gasteiger partial charge in [0, 0.05) is 6.54 Å². The van der Waals surface area contributed by atoms with E-state index in [0.29, 0.717) is 17.8 Å². The molecule has 0 N–H and O–H groups in total. The normalized spacial score (nSPS) is 22.8. The minimum Gasteiger partial charge on any atom is -0.495 e. The molecule has 174 valence electrons. The van der Waals surface area contributed by atoms with E-state index in [2.05, 4.69) is 0 Å². The second-order valence-corrected chi connectivity index (χ2v) is 10.9. The molecule has 2 amide bonds. The molecule has 0 unspecified atom stereocenters. The van der Waals surface area contributed by atoms with Gasteiger partial charge >= 0.3 is 0 Å². The lowest BCUT2D eigenvalue weighted by Gasteiger charge is -2.31. The predicted octanol–water partition coefficient (Wildman–Crippen LogP) is 3.51. The van der Waals surface area contributed by atoms with Crippen LogP contribution in [0.25, 0.3) is 0 Å². The smallest absolute Gasteiger partial charge is 0.268 e. The van der Waals surface area contributed by atoms with E-state index in [9.17, 15) is 18.0 Å². The molecule has 0 aromatic heterocycles. The summed E-state index contributed by atoms with van der Waals surface area (Å²) in [7, 11) is -2.46. The molecule has 1 saturated heterocycles. The standard InChI is InChI=1S/C25H28N2O5S/c1-32-22-13-12-17(16-26-24(28)19-9-3-4-10-20(19)25(26)29)15-23(22)33(30,31)27-14-6-8-18-7-2-5-11-21(18)27/h2,5,7,11-13,15,19-20H,3-4,6,8-10,14,16H2,1H3/t19-,20+. The Morgan fingerprint density at radius 3 is 2.36 bits per heavy atom. The van der Waals surface area contributed by atoms with Crippen molar-refractivity contribution in [1.29, 1.82) is 0 Å². The van der Waals surface area contributed by atoms with Crippen LogP contribution in [0.2, 0.25) is 0 Å². The molecule has 1 aliphatic carbocycles. The highest BCUT2D eigenvalue weighted by atomic mass is 32.2. The summed E-state index contributed by atoms with van der Waals surface area (Å²) >= 11 is 0. The summed E-state index contributed by atoms with van der Waals surface area (Å²) in [5.41, 5.74) is 2.28. The zero-order valence-electron chi connectivity index (χ0n) is 18.7. The minimum absolute atomic E-state index is 0.0516. The molecule has 0 radical (unpaired) electrons. The average molecular weight is 469 g/mol. The van der Waals surface area contributed by atoms with Crippen molar-refractivity contribution >= 4 is 27.5 Å². The number of aryl methyl sites for hydroxylation is 1. The van der Waals surface area contributed by atoms with E-state index >= 15 is 0 Å². The van der Waals surface area contributed by atoms with Crippen molar-refractivity contribution in [3.05, 3.63) is 53.6 Å². The van der Waals surface area contributed by atoms with Crippen molar-refractivity contribution in [2.45, 2.75) is 50.0 Å². The van der Waals surface area contributed by atoms with Crippen molar-refractivity contribution < 1.29 is 22.7 Å². The van der Waals surface area contributed by atoms with Gasteiger partial charge in [-0.1, -0.05) is 37.1 Å². The third kappa shape index (κ3) is 3.70. The summed E-state index contributed by atoms with van der Waals surface area (Å²) in [5.74, 6) is -0.463. The molecular weight excluding hydrogens is 440 g/mol. The summed E-state index contributed by atoms with van der Waals surface area (Å²) in [6.07, 6.45) is 5.01. The number of methoxy groups -OCH3 is 1. The Morgan fingerprint density at radius 2 is 1.67 bits per heavy atom. The number of rotatable bonds is 5. The van der Waals surface area contributed by atoms with Crippen LogP contribution in [0.3, 0.4) is 0 Å². The maximum Gasteiger partial charge on any atom is 0.268 e. The van der Waals surface area contributed by atoms with Gasteiger partial charge in [0.15, 0.2) is 0 Å². The fourth-order valence-corrected chi connectivity index (χ4v) is 7.21. The van der Waals surface area contributed by atoms with Crippen LogP contribution in [0, 0.1) is 11.8 Å². The van der Waals surface area contributed by atoms with Crippen LogP contribution in [0.5, 0.6) is 5.75 Å². The number of anilines is 1. The van der Waals surface area contributed by atoms with Crippen LogP contribution in [0.15, 0.2) is 47.4 Å². The first-order valence-corrected chi connectivity index (χ1v) is 13.0. The fraction of sp³-hybridized carbons (Fsp3) is 0.440. The number of likely N-dealkylation sites (tertiary alicyclic amines) is 1. The number of hydrogen-bond donors (Lipinski definition) is 0. The molecular formula is C25H28N2O5S. The number of carbonyl (C=O) groups is 2. The van der Waals surface area contributed by atoms with Gasteiger partial charge in [-0.3, -0.25) is 18.8 Å². The van der Waals surface area contributed by atoms with E-state index in [1.54, 1.807) is 18.2 Å². The van der Waals surface area contributed by atoms with E-state index in [4.69, 9.17) is 4.74 Å². The van der Waals surface area contributed by atoms with Crippen LogP contribution in [0.1, 0.15) is 43.2 Å². The molecule has 2 heterocycles. The second kappa shape index (κ2) is 8.48. The van der Waals surface area contributed by atoms with Gasteiger partial charge in [0.1, 0.15) is 10.6 Å². The number of sulfonamides is 1. The van der Waals surface area contributed by atoms with Gasteiger partial charge in [0.2, 0.25) is 11.8 Å². The van der Waals surface area contributed by atoms with Crippen molar-refractivity contribution in [3.8, 4) is 5.75 Å². The molecule has 1 saturated carbocycles. The summed E-state index contributed by atoms with van der Waals surface area (Å²) in [4.78, 5) is 27.2. The SMILES string of the molecule is COc1ccc(CN2C(=O)[C@H]3CCCC[C@H]3C2=O)cc1S(=O)(=O)N1CCCc2ccccc21. The Labute approximate surface area is 194 Å². The molecule has 2 aliphatic heterocycles. The summed E-state index contributed by atoms with van der Waals surface area (Å²) in [6.45, 7) is 0.465. The Hall–Kier alpha value is -2.87. The summed E-state index contributed by atoms with van der Waals surface area (Å²) in [5, 5.41) is 0. The van der Waals surface area contributed by atoms with Crippen molar-refractivity contribution in [2.75, 3.05) is 18.0 Å². The minimum atomic E-state index is -3.90. The van der Waals surface area contributed by atoms with Crippen molar-refractivity contribution in [3.63, 3.8) is 0 Å². The Balaban J connectivity index is 1.48. The monoisotopic (exact) mass is 468 g/mol. The molecule has 2 atom stereocenters. The number of amides is 2. The van der Waals surface area contributed by atoms with E-state index in [1.807, 2.05) is 24.3 Å². The average Bonchev–Trinajstić information content (AvgIpc) is 3.08. The lowest BCUT2D eigenvalue weighted by atomic mass is 9.81. The number of ether oxygens (including phenoxy) is 1. The highest BCUT2D eigenvalue weighted by Crippen LogP contribution is 2.39. The van der Waals surface area contributed by atoms with E-state index in [1.165, 1.54) is 16.3 Å². The van der Waals surface area contributed by atoms with Gasteiger partial charge in [-0.2, -0.15) is 0 Å². The third-order valence-electron chi connectivity index (χ3n) is 7.14. The van der Waals surface area contributed by atoms with Gasteiger partial charge in [-0.15, -0.1) is 0 Å². The van der Waals surface area contributed by atoms with Crippen LogP contribution in [0.4, 0.5) is 5.69 Å². The number of para-hydroxylation sites is 1. The fourth-order valence-electron chi connectivity index (χ4n) is 5.46. The quantitative estimate of drug-likeness (QED) is 0.627. The zero-order chi connectivity index (χ0) is 23.2. The molecule has 0 bridgehead atoms. The maximum atomic E-state index is 13.8. The molecule has 0 spiro atoms. The molecule has 8 heteroatoms. The molecule has 33 heavy (non-hydrogen) atoms. The highest BCUT2D eigenvalue weighted by Gasteiger charge is 2.48. The largest absolute Gasteiger partial charge is 0.495 e. The summed E-state index contributed by atoms with van der Waals surface area (Å²) in [6, 6.07) is 12.4. The molecule has 5 rings (SSSR count). The molecule has 2 fully saturated rings. The van der Waals surface area contributed by atoms with Crippen LogP contribution >= 0.6 is 0 Å². The third-order valence-corrected chi connectivity index (χ3v) is 8.97. The van der Waals surface area contributed by atoms with Gasteiger partial charge < -0.3 is 4.74 Å². The van der Waals surface area contributed by atoms with E-state index in [-0.39, 0.29) is 40.8 Å². The van der Waals surface area contributed by atoms with Crippen LogP contribution in [-0.2, 0) is 32.6 Å². The zero-order valence-corrected chi connectivity index (χ0v) is 19.5. The molecule has 7 nitrogen and oxygen atoms in total. The van der Waals surface area contributed by atoms with Gasteiger partial charge in [-0.25, -0.2) is 8.42 Å². The van der Waals surface area contributed by atoms with E-state index in [0.717, 1.165) is 44.1 Å². The first-order chi connectivity index (χ1) is 15.9. The Morgan fingerprint density at radius 1 is 0.970 bits per heavy atom.